The second-order valence-corrected chi connectivity index (χ2v) is 3.88. The maximum atomic E-state index is 13.3. The van der Waals surface area contributed by atoms with Gasteiger partial charge in [-0.25, -0.2) is 4.39 Å². The van der Waals surface area contributed by atoms with Gasteiger partial charge in [-0.05, 0) is 25.1 Å². The van der Waals surface area contributed by atoms with Crippen molar-refractivity contribution >= 4 is 0 Å². The van der Waals surface area contributed by atoms with Crippen molar-refractivity contribution in [3.8, 4) is 5.75 Å². The monoisotopic (exact) mass is 193 g/mol. The molecule has 0 saturated carbocycles. The zero-order valence-electron chi connectivity index (χ0n) is 7.85. The molecule has 3 rings (SSSR count). The quantitative estimate of drug-likeness (QED) is 0.734. The number of hydrogen-bond donors (Lipinski definition) is 1. The van der Waals surface area contributed by atoms with Crippen LogP contribution in [0, 0.1) is 5.82 Å². The first-order chi connectivity index (χ1) is 6.84. The van der Waals surface area contributed by atoms with Crippen molar-refractivity contribution < 1.29 is 9.13 Å². The van der Waals surface area contributed by atoms with E-state index in [1.165, 1.54) is 0 Å². The molecule has 1 N–H and O–H groups in total. The highest BCUT2D eigenvalue weighted by molar-refractivity contribution is 5.46. The smallest absolute Gasteiger partial charge is 0.127 e. The largest absolute Gasteiger partial charge is 0.493 e. The average molecular weight is 193 g/mol. The molecule has 1 fully saturated rings. The molecule has 0 spiro atoms. The van der Waals surface area contributed by atoms with Gasteiger partial charge in [-0.15, -0.1) is 0 Å². The van der Waals surface area contributed by atoms with Crippen molar-refractivity contribution in [3.05, 3.63) is 29.1 Å². The van der Waals surface area contributed by atoms with Gasteiger partial charge in [0.15, 0.2) is 0 Å². The maximum absolute atomic E-state index is 13.3. The van der Waals surface area contributed by atoms with Gasteiger partial charge in [-0.1, -0.05) is 0 Å². The van der Waals surface area contributed by atoms with Crippen LogP contribution in [0.15, 0.2) is 12.1 Å². The Morgan fingerprint density at radius 3 is 3.00 bits per heavy atom. The van der Waals surface area contributed by atoms with Crippen LogP contribution >= 0.6 is 0 Å². The van der Waals surface area contributed by atoms with Gasteiger partial charge >= 0.3 is 0 Å². The van der Waals surface area contributed by atoms with Crippen LogP contribution in [0.4, 0.5) is 4.39 Å². The summed E-state index contributed by atoms with van der Waals surface area (Å²) in [5, 5.41) is 3.27. The molecule has 0 bridgehead atoms. The lowest BCUT2D eigenvalue weighted by atomic mass is 9.95. The van der Waals surface area contributed by atoms with E-state index in [9.17, 15) is 4.39 Å². The molecule has 0 radical (unpaired) electrons. The van der Waals surface area contributed by atoms with Crippen LogP contribution in [0.1, 0.15) is 23.6 Å². The summed E-state index contributed by atoms with van der Waals surface area (Å²) in [6.45, 7) is 1.72. The fourth-order valence-corrected chi connectivity index (χ4v) is 2.11. The van der Waals surface area contributed by atoms with Crippen LogP contribution in [0.25, 0.3) is 0 Å². The summed E-state index contributed by atoms with van der Waals surface area (Å²) in [5.41, 5.74) is 2.03. The summed E-state index contributed by atoms with van der Waals surface area (Å²) < 4.78 is 18.8. The predicted molar refractivity (Wildman–Crippen MR) is 51.0 cm³/mol. The standard InChI is InChI=1S/C11H12FNO/c12-8-5-7-2-4-14-11(7)9(6-8)10-1-3-13-10/h5-6,10,13H,1-4H2. The topological polar surface area (TPSA) is 21.3 Å². The van der Waals surface area contributed by atoms with E-state index >= 15 is 0 Å². The van der Waals surface area contributed by atoms with Crippen molar-refractivity contribution in [2.75, 3.05) is 13.2 Å². The molecule has 0 amide bonds. The van der Waals surface area contributed by atoms with Crippen molar-refractivity contribution in [2.24, 2.45) is 0 Å². The summed E-state index contributed by atoms with van der Waals surface area (Å²) in [6.07, 6.45) is 1.92. The first-order valence-electron chi connectivity index (χ1n) is 5.03. The van der Waals surface area contributed by atoms with Crippen LogP contribution in [0.3, 0.4) is 0 Å². The molecule has 1 aromatic rings. The lowest BCUT2D eigenvalue weighted by Gasteiger charge is -2.29. The minimum atomic E-state index is -0.141. The molecule has 3 heteroatoms. The molecule has 74 valence electrons. The summed E-state index contributed by atoms with van der Waals surface area (Å²) in [6, 6.07) is 3.49. The first-order valence-corrected chi connectivity index (χ1v) is 5.03. The van der Waals surface area contributed by atoms with Crippen molar-refractivity contribution in [3.63, 3.8) is 0 Å². The van der Waals surface area contributed by atoms with Gasteiger partial charge in [-0.2, -0.15) is 0 Å². The first kappa shape index (κ1) is 8.24. The van der Waals surface area contributed by atoms with Crippen molar-refractivity contribution in [1.82, 2.24) is 5.32 Å². The fraction of sp³-hybridized carbons (Fsp3) is 0.455. The molecule has 2 aliphatic heterocycles. The number of ether oxygens (including phenoxy) is 1. The SMILES string of the molecule is Fc1cc2c(c(C3CCN3)c1)OCC2. The zero-order chi connectivity index (χ0) is 9.54. The third-order valence-electron chi connectivity index (χ3n) is 2.98. The third kappa shape index (κ3) is 1.12. The van der Waals surface area contributed by atoms with E-state index in [0.717, 1.165) is 36.3 Å². The number of fused-ring (bicyclic) bond motifs is 1. The Labute approximate surface area is 82.1 Å². The number of halogens is 1. The number of rotatable bonds is 1. The van der Waals surface area contributed by atoms with Crippen LogP contribution in [-0.2, 0) is 6.42 Å². The van der Waals surface area contributed by atoms with Crippen LogP contribution in [0.2, 0.25) is 0 Å². The Balaban J connectivity index is 2.08. The molecule has 1 unspecified atom stereocenters. The maximum Gasteiger partial charge on any atom is 0.127 e. The highest BCUT2D eigenvalue weighted by Gasteiger charge is 2.26. The summed E-state index contributed by atoms with van der Waals surface area (Å²) in [5.74, 6) is 0.779. The molecule has 2 aliphatic rings. The third-order valence-corrected chi connectivity index (χ3v) is 2.98. The summed E-state index contributed by atoms with van der Waals surface area (Å²) in [7, 11) is 0. The van der Waals surface area contributed by atoms with E-state index in [1.54, 1.807) is 12.1 Å². The molecule has 0 aromatic heterocycles. The van der Waals surface area contributed by atoms with Crippen molar-refractivity contribution in [2.45, 2.75) is 18.9 Å². The normalized spacial score (nSPS) is 23.9. The zero-order valence-corrected chi connectivity index (χ0v) is 7.85. The van der Waals surface area contributed by atoms with Crippen molar-refractivity contribution in [1.29, 1.82) is 0 Å². The van der Waals surface area contributed by atoms with E-state index < -0.39 is 0 Å². The number of nitrogens with one attached hydrogen (secondary N) is 1. The van der Waals surface area contributed by atoms with Gasteiger partial charge in [0, 0.05) is 23.6 Å². The van der Waals surface area contributed by atoms with Gasteiger partial charge in [0.2, 0.25) is 0 Å². The minimum Gasteiger partial charge on any atom is -0.493 e. The Kier molecular flexibility index (Phi) is 1.74. The molecule has 1 saturated heterocycles. The molecule has 14 heavy (non-hydrogen) atoms. The lowest BCUT2D eigenvalue weighted by molar-refractivity contribution is 0.329. The van der Waals surface area contributed by atoms with Gasteiger partial charge in [0.25, 0.3) is 0 Å². The van der Waals surface area contributed by atoms with E-state index in [-0.39, 0.29) is 5.82 Å². The fourth-order valence-electron chi connectivity index (χ4n) is 2.11. The number of benzene rings is 1. The Hall–Kier alpha value is -1.09. The predicted octanol–water partition coefficient (Wildman–Crippen LogP) is 1.79. The van der Waals surface area contributed by atoms with Crippen LogP contribution in [0.5, 0.6) is 5.75 Å². The minimum absolute atomic E-state index is 0.141. The molecule has 1 aromatic carbocycles. The summed E-state index contributed by atoms with van der Waals surface area (Å²) >= 11 is 0. The Morgan fingerprint density at radius 2 is 2.29 bits per heavy atom. The summed E-state index contributed by atoms with van der Waals surface area (Å²) in [4.78, 5) is 0. The molecule has 2 nitrogen and oxygen atoms in total. The second-order valence-electron chi connectivity index (χ2n) is 3.88. The lowest BCUT2D eigenvalue weighted by Crippen LogP contribution is -2.35. The Bertz CT molecular complexity index is 374. The van der Waals surface area contributed by atoms with Gasteiger partial charge < -0.3 is 10.1 Å². The average Bonchev–Trinajstić information content (AvgIpc) is 2.47. The highest BCUT2D eigenvalue weighted by Crippen LogP contribution is 2.37. The van der Waals surface area contributed by atoms with Crippen LogP contribution < -0.4 is 10.1 Å². The molecular weight excluding hydrogens is 181 g/mol. The van der Waals surface area contributed by atoms with E-state index in [4.69, 9.17) is 4.74 Å². The van der Waals surface area contributed by atoms with Gasteiger partial charge in [0.1, 0.15) is 11.6 Å². The second kappa shape index (κ2) is 2.95. The van der Waals surface area contributed by atoms with Gasteiger partial charge in [-0.3, -0.25) is 0 Å². The molecule has 0 aliphatic carbocycles. The van der Waals surface area contributed by atoms with Gasteiger partial charge in [0.05, 0.1) is 6.61 Å². The van der Waals surface area contributed by atoms with E-state index in [0.29, 0.717) is 12.6 Å². The molecule has 1 atom stereocenters. The molecule has 2 heterocycles. The highest BCUT2D eigenvalue weighted by atomic mass is 19.1. The van der Waals surface area contributed by atoms with E-state index in [1.807, 2.05) is 0 Å². The molecular formula is C11H12FNO. The van der Waals surface area contributed by atoms with Crippen LogP contribution in [-0.4, -0.2) is 13.2 Å². The van der Waals surface area contributed by atoms with E-state index in [2.05, 4.69) is 5.32 Å². The Morgan fingerprint density at radius 1 is 1.43 bits per heavy atom. The number of hydrogen-bond acceptors (Lipinski definition) is 2.